The van der Waals surface area contributed by atoms with Gasteiger partial charge in [-0.2, -0.15) is 0 Å². The Balaban J connectivity index is 1.93. The molecule has 0 spiro atoms. The van der Waals surface area contributed by atoms with E-state index in [2.05, 4.69) is 0 Å². The summed E-state index contributed by atoms with van der Waals surface area (Å²) in [6.45, 7) is 3.52. The summed E-state index contributed by atoms with van der Waals surface area (Å²) in [6, 6.07) is 0. The summed E-state index contributed by atoms with van der Waals surface area (Å²) in [5, 5.41) is 0. The zero-order valence-electron chi connectivity index (χ0n) is 13.8. The van der Waals surface area contributed by atoms with Gasteiger partial charge in [-0.25, -0.2) is 4.79 Å². The number of ether oxygens (including phenoxy) is 1. The van der Waals surface area contributed by atoms with E-state index < -0.39 is 12.2 Å². The van der Waals surface area contributed by atoms with Crippen molar-refractivity contribution in [3.63, 3.8) is 0 Å². The van der Waals surface area contributed by atoms with Gasteiger partial charge in [-0.3, -0.25) is 9.59 Å². The Bertz CT molecular complexity index is 441. The lowest BCUT2D eigenvalue weighted by Gasteiger charge is -2.36. The third kappa shape index (κ3) is 5.11. The first-order chi connectivity index (χ1) is 11.0. The van der Waals surface area contributed by atoms with Crippen molar-refractivity contribution in [1.82, 2.24) is 9.80 Å². The van der Waals surface area contributed by atoms with E-state index in [1.165, 1.54) is 26.2 Å². The molecule has 2 fully saturated rings. The largest absolute Gasteiger partial charge is 0.436 e. The third-order valence-electron chi connectivity index (χ3n) is 4.84. The van der Waals surface area contributed by atoms with Crippen LogP contribution in [-0.4, -0.2) is 60.0 Å². The molecular weight excluding hydrogens is 298 g/mol. The molecule has 0 unspecified atom stereocenters. The van der Waals surface area contributed by atoms with Gasteiger partial charge in [0.05, 0.1) is 0 Å². The van der Waals surface area contributed by atoms with Crippen LogP contribution < -0.4 is 5.73 Å². The predicted molar refractivity (Wildman–Crippen MR) is 84.5 cm³/mol. The maximum atomic E-state index is 12.7. The molecular formula is C16H27N3O4. The van der Waals surface area contributed by atoms with E-state index in [-0.39, 0.29) is 11.8 Å². The lowest BCUT2D eigenvalue weighted by molar-refractivity contribution is -0.145. The minimum absolute atomic E-state index is 0.0178. The highest BCUT2D eigenvalue weighted by Gasteiger charge is 2.32. The first-order valence-corrected chi connectivity index (χ1v) is 8.47. The molecule has 7 nitrogen and oxygen atoms in total. The SMILES string of the molecule is CC(=O)N1CCN(C(=O)[C@H](CC2CCCCC2)OC(N)=O)CC1. The van der Waals surface area contributed by atoms with E-state index in [9.17, 15) is 14.4 Å². The van der Waals surface area contributed by atoms with E-state index in [0.29, 0.717) is 38.5 Å². The number of hydrogen-bond donors (Lipinski definition) is 1. The molecule has 2 rings (SSSR count). The fourth-order valence-corrected chi connectivity index (χ4v) is 3.51. The van der Waals surface area contributed by atoms with Gasteiger partial charge >= 0.3 is 6.09 Å². The smallest absolute Gasteiger partial charge is 0.405 e. The molecule has 1 aliphatic heterocycles. The van der Waals surface area contributed by atoms with Crippen molar-refractivity contribution in [2.75, 3.05) is 26.2 Å². The van der Waals surface area contributed by atoms with Crippen molar-refractivity contribution in [2.45, 2.75) is 51.6 Å². The first-order valence-electron chi connectivity index (χ1n) is 8.47. The van der Waals surface area contributed by atoms with E-state index in [1.807, 2.05) is 0 Å². The maximum Gasteiger partial charge on any atom is 0.405 e. The van der Waals surface area contributed by atoms with E-state index in [1.54, 1.807) is 9.80 Å². The standard InChI is InChI=1S/C16H27N3O4/c1-12(20)18-7-9-19(10-8-18)15(21)14(23-16(17)22)11-13-5-3-2-4-6-13/h13-14H,2-11H2,1H3,(H2,17,22)/t14-/m0/s1. The molecule has 23 heavy (non-hydrogen) atoms. The topological polar surface area (TPSA) is 92.9 Å². The summed E-state index contributed by atoms with van der Waals surface area (Å²) in [4.78, 5) is 38.6. The lowest BCUT2D eigenvalue weighted by Crippen LogP contribution is -2.53. The van der Waals surface area contributed by atoms with Gasteiger partial charge in [-0.05, 0) is 12.3 Å². The van der Waals surface area contributed by atoms with Crippen LogP contribution in [0.15, 0.2) is 0 Å². The Labute approximate surface area is 137 Å². The Morgan fingerprint density at radius 1 is 1.04 bits per heavy atom. The number of rotatable bonds is 4. The number of primary amides is 1. The van der Waals surface area contributed by atoms with Crippen molar-refractivity contribution in [3.8, 4) is 0 Å². The van der Waals surface area contributed by atoms with Crippen molar-refractivity contribution < 1.29 is 19.1 Å². The summed E-state index contributed by atoms with van der Waals surface area (Å²) in [5.41, 5.74) is 5.14. The van der Waals surface area contributed by atoms with E-state index >= 15 is 0 Å². The summed E-state index contributed by atoms with van der Waals surface area (Å²) in [7, 11) is 0. The summed E-state index contributed by atoms with van der Waals surface area (Å²) in [5.74, 6) is 0.248. The highest BCUT2D eigenvalue weighted by molar-refractivity contribution is 5.83. The maximum absolute atomic E-state index is 12.7. The number of hydrogen-bond acceptors (Lipinski definition) is 4. The van der Waals surface area contributed by atoms with Crippen molar-refractivity contribution in [1.29, 1.82) is 0 Å². The highest BCUT2D eigenvalue weighted by atomic mass is 16.6. The molecule has 0 bridgehead atoms. The van der Waals surface area contributed by atoms with Crippen LogP contribution in [0, 0.1) is 5.92 Å². The van der Waals surface area contributed by atoms with Gasteiger partial charge in [-0.15, -0.1) is 0 Å². The number of nitrogens with zero attached hydrogens (tertiary/aromatic N) is 2. The van der Waals surface area contributed by atoms with Crippen LogP contribution in [0.4, 0.5) is 4.79 Å². The van der Waals surface area contributed by atoms with Crippen molar-refractivity contribution >= 4 is 17.9 Å². The van der Waals surface area contributed by atoms with Gasteiger partial charge in [0, 0.05) is 33.1 Å². The second-order valence-electron chi connectivity index (χ2n) is 6.50. The Kier molecular flexibility index (Phi) is 6.24. The number of amides is 3. The number of nitrogens with two attached hydrogens (primary N) is 1. The number of piperazine rings is 1. The summed E-state index contributed by atoms with van der Waals surface area (Å²) in [6.07, 6.45) is 4.57. The molecule has 0 aromatic carbocycles. The first kappa shape index (κ1) is 17.6. The molecule has 1 saturated carbocycles. The fourth-order valence-electron chi connectivity index (χ4n) is 3.51. The third-order valence-corrected chi connectivity index (χ3v) is 4.84. The van der Waals surface area contributed by atoms with E-state index in [4.69, 9.17) is 10.5 Å². The zero-order chi connectivity index (χ0) is 16.8. The molecule has 2 aliphatic rings. The van der Waals surface area contributed by atoms with Crippen molar-refractivity contribution in [2.24, 2.45) is 11.7 Å². The molecule has 0 aromatic heterocycles. The number of carbonyl (C=O) groups excluding carboxylic acids is 3. The van der Waals surface area contributed by atoms with Gasteiger partial charge in [-0.1, -0.05) is 32.1 Å². The molecule has 1 aliphatic carbocycles. The van der Waals surface area contributed by atoms with Crippen LogP contribution in [0.25, 0.3) is 0 Å². The zero-order valence-corrected chi connectivity index (χ0v) is 13.8. The van der Waals surface area contributed by atoms with Crippen LogP contribution >= 0.6 is 0 Å². The fraction of sp³-hybridized carbons (Fsp3) is 0.812. The van der Waals surface area contributed by atoms with E-state index in [0.717, 1.165) is 12.8 Å². The molecule has 1 saturated heterocycles. The summed E-state index contributed by atoms with van der Waals surface area (Å²) >= 11 is 0. The molecule has 0 radical (unpaired) electrons. The molecule has 1 heterocycles. The average Bonchev–Trinajstić information content (AvgIpc) is 2.54. The number of carbonyl (C=O) groups is 3. The van der Waals surface area contributed by atoms with Gasteiger partial charge in [0.25, 0.3) is 5.91 Å². The minimum atomic E-state index is -0.901. The van der Waals surface area contributed by atoms with Crippen LogP contribution in [0.3, 0.4) is 0 Å². The lowest BCUT2D eigenvalue weighted by atomic mass is 9.85. The molecule has 0 aromatic rings. The normalized spacial score (nSPS) is 20.9. The second-order valence-corrected chi connectivity index (χ2v) is 6.50. The van der Waals surface area contributed by atoms with Crippen LogP contribution in [-0.2, 0) is 14.3 Å². The highest BCUT2D eigenvalue weighted by Crippen LogP contribution is 2.28. The second kappa shape index (κ2) is 8.17. The van der Waals surface area contributed by atoms with Crippen LogP contribution in [0.1, 0.15) is 45.4 Å². The van der Waals surface area contributed by atoms with Gasteiger partial charge in [0.1, 0.15) is 0 Å². The molecule has 130 valence electrons. The van der Waals surface area contributed by atoms with Gasteiger partial charge < -0.3 is 20.3 Å². The Morgan fingerprint density at radius 2 is 1.61 bits per heavy atom. The molecule has 7 heteroatoms. The Hall–Kier alpha value is -1.79. The Morgan fingerprint density at radius 3 is 2.13 bits per heavy atom. The van der Waals surface area contributed by atoms with Crippen molar-refractivity contribution in [3.05, 3.63) is 0 Å². The summed E-state index contributed by atoms with van der Waals surface area (Å²) < 4.78 is 5.11. The minimum Gasteiger partial charge on any atom is -0.436 e. The van der Waals surface area contributed by atoms with Gasteiger partial charge in [0.2, 0.25) is 5.91 Å². The molecule has 3 amide bonds. The monoisotopic (exact) mass is 325 g/mol. The quantitative estimate of drug-likeness (QED) is 0.838. The molecule has 2 N–H and O–H groups in total. The van der Waals surface area contributed by atoms with Crippen LogP contribution in [0.5, 0.6) is 0 Å². The predicted octanol–water partition coefficient (Wildman–Crippen LogP) is 1.11. The molecule has 1 atom stereocenters. The van der Waals surface area contributed by atoms with Gasteiger partial charge in [0.15, 0.2) is 6.10 Å². The van der Waals surface area contributed by atoms with Crippen LogP contribution in [0.2, 0.25) is 0 Å². The average molecular weight is 325 g/mol.